The lowest BCUT2D eigenvalue weighted by Gasteiger charge is -2.36. The fraction of sp³-hybridized carbons (Fsp3) is 0.625. The van der Waals surface area contributed by atoms with Crippen molar-refractivity contribution in [2.75, 3.05) is 26.2 Å². The first-order valence-electron chi connectivity index (χ1n) is 7.28. The molecule has 122 valence electrons. The van der Waals surface area contributed by atoms with Crippen LogP contribution in [-0.2, 0) is 0 Å². The third-order valence-corrected chi connectivity index (χ3v) is 3.85. The molecular formula is C16H27Cl2FN2. The van der Waals surface area contributed by atoms with Crippen molar-refractivity contribution in [3.63, 3.8) is 0 Å². The molecule has 0 bridgehead atoms. The van der Waals surface area contributed by atoms with Crippen LogP contribution < -0.4 is 5.32 Å². The van der Waals surface area contributed by atoms with Crippen molar-refractivity contribution < 1.29 is 4.39 Å². The van der Waals surface area contributed by atoms with Gasteiger partial charge in [-0.25, -0.2) is 4.39 Å². The summed E-state index contributed by atoms with van der Waals surface area (Å²) in [7, 11) is 0. The minimum atomic E-state index is -0.104. The Bertz CT molecular complexity index is 421. The van der Waals surface area contributed by atoms with Gasteiger partial charge in [0, 0.05) is 32.2 Å². The van der Waals surface area contributed by atoms with Gasteiger partial charge in [-0.05, 0) is 36.5 Å². The Kier molecular flexibility index (Phi) is 9.46. The van der Waals surface area contributed by atoms with Crippen LogP contribution in [-0.4, -0.2) is 31.1 Å². The molecule has 1 heterocycles. The highest BCUT2D eigenvalue weighted by molar-refractivity contribution is 5.85. The maximum absolute atomic E-state index is 13.4. The van der Waals surface area contributed by atoms with Crippen LogP contribution in [0.25, 0.3) is 0 Å². The highest BCUT2D eigenvalue weighted by Gasteiger charge is 2.23. The fourth-order valence-electron chi connectivity index (χ4n) is 2.81. The number of piperazine rings is 1. The van der Waals surface area contributed by atoms with Crippen molar-refractivity contribution in [1.82, 2.24) is 10.2 Å². The Morgan fingerprint density at radius 1 is 1.19 bits per heavy atom. The lowest BCUT2D eigenvalue weighted by molar-refractivity contribution is 0.154. The van der Waals surface area contributed by atoms with Gasteiger partial charge in [-0.15, -0.1) is 24.8 Å². The van der Waals surface area contributed by atoms with Gasteiger partial charge in [0.25, 0.3) is 0 Å². The molecule has 0 amide bonds. The number of hydrogen-bond donors (Lipinski definition) is 1. The summed E-state index contributed by atoms with van der Waals surface area (Å²) in [5, 5.41) is 3.39. The summed E-state index contributed by atoms with van der Waals surface area (Å²) in [5.41, 5.74) is 2.01. The molecule has 0 aromatic heterocycles. The van der Waals surface area contributed by atoms with E-state index in [1.165, 1.54) is 5.56 Å². The molecule has 0 saturated carbocycles. The predicted molar refractivity (Wildman–Crippen MR) is 92.3 cm³/mol. The van der Waals surface area contributed by atoms with Crippen molar-refractivity contribution in [2.24, 2.45) is 5.92 Å². The normalized spacial score (nSPS) is 17.0. The SMILES string of the molecule is Cc1cc([C@H](CC(C)C)N2CCNCC2)ccc1F.Cl.Cl. The van der Waals surface area contributed by atoms with E-state index in [1.54, 1.807) is 6.07 Å². The third kappa shape index (κ3) is 5.74. The van der Waals surface area contributed by atoms with Gasteiger partial charge >= 0.3 is 0 Å². The van der Waals surface area contributed by atoms with Gasteiger partial charge in [0.2, 0.25) is 0 Å². The van der Waals surface area contributed by atoms with Crippen LogP contribution in [0.3, 0.4) is 0 Å². The molecule has 0 unspecified atom stereocenters. The highest BCUT2D eigenvalue weighted by atomic mass is 35.5. The van der Waals surface area contributed by atoms with Gasteiger partial charge < -0.3 is 5.32 Å². The number of nitrogens with one attached hydrogen (secondary N) is 1. The molecule has 1 atom stereocenters. The second kappa shape index (κ2) is 9.62. The maximum Gasteiger partial charge on any atom is 0.126 e. The number of hydrogen-bond acceptors (Lipinski definition) is 2. The summed E-state index contributed by atoms with van der Waals surface area (Å²) in [6.07, 6.45) is 1.13. The molecule has 1 aromatic carbocycles. The first-order chi connectivity index (χ1) is 9.08. The van der Waals surface area contributed by atoms with E-state index in [0.29, 0.717) is 12.0 Å². The summed E-state index contributed by atoms with van der Waals surface area (Å²) in [6.45, 7) is 10.6. The van der Waals surface area contributed by atoms with Crippen LogP contribution in [0.1, 0.15) is 37.4 Å². The Balaban J connectivity index is 0.00000200. The maximum atomic E-state index is 13.4. The number of benzene rings is 1. The lowest BCUT2D eigenvalue weighted by Crippen LogP contribution is -2.45. The molecule has 0 radical (unpaired) electrons. The molecule has 21 heavy (non-hydrogen) atoms. The van der Waals surface area contributed by atoms with E-state index in [0.717, 1.165) is 38.2 Å². The molecule has 1 saturated heterocycles. The molecule has 2 nitrogen and oxygen atoms in total. The summed E-state index contributed by atoms with van der Waals surface area (Å²) in [4.78, 5) is 2.53. The minimum absolute atomic E-state index is 0. The van der Waals surface area contributed by atoms with Gasteiger partial charge in [0.05, 0.1) is 0 Å². The highest BCUT2D eigenvalue weighted by Crippen LogP contribution is 2.29. The van der Waals surface area contributed by atoms with Crippen LogP contribution in [0.5, 0.6) is 0 Å². The first kappa shape index (κ1) is 20.6. The molecule has 1 aliphatic rings. The molecule has 1 N–H and O–H groups in total. The average molecular weight is 337 g/mol. The number of nitrogens with zero attached hydrogens (tertiary/aromatic N) is 1. The van der Waals surface area contributed by atoms with E-state index < -0.39 is 0 Å². The lowest BCUT2D eigenvalue weighted by atomic mass is 9.94. The van der Waals surface area contributed by atoms with E-state index in [-0.39, 0.29) is 30.6 Å². The monoisotopic (exact) mass is 336 g/mol. The molecule has 0 aliphatic carbocycles. The molecular weight excluding hydrogens is 310 g/mol. The van der Waals surface area contributed by atoms with E-state index in [1.807, 2.05) is 19.1 Å². The van der Waals surface area contributed by atoms with Gasteiger partial charge in [-0.1, -0.05) is 26.0 Å². The van der Waals surface area contributed by atoms with E-state index in [4.69, 9.17) is 0 Å². The summed E-state index contributed by atoms with van der Waals surface area (Å²) >= 11 is 0. The summed E-state index contributed by atoms with van der Waals surface area (Å²) in [6, 6.07) is 6.00. The molecule has 2 rings (SSSR count). The smallest absolute Gasteiger partial charge is 0.126 e. The standard InChI is InChI=1S/C16H25FN2.2ClH/c1-12(2)10-16(19-8-6-18-7-9-19)14-4-5-15(17)13(3)11-14;;/h4-5,11-12,16,18H,6-10H2,1-3H3;2*1H/t16-;;/m0../s1. The molecule has 1 aliphatic heterocycles. The number of aryl methyl sites for hydroxylation is 1. The van der Waals surface area contributed by atoms with Crippen LogP contribution in [0.2, 0.25) is 0 Å². The van der Waals surface area contributed by atoms with Crippen molar-refractivity contribution in [2.45, 2.75) is 33.2 Å². The number of halogens is 3. The largest absolute Gasteiger partial charge is 0.314 e. The predicted octanol–water partition coefficient (Wildman–Crippen LogP) is 3.97. The van der Waals surface area contributed by atoms with Crippen LogP contribution in [0.4, 0.5) is 4.39 Å². The van der Waals surface area contributed by atoms with E-state index in [9.17, 15) is 4.39 Å². The topological polar surface area (TPSA) is 15.3 Å². The quantitative estimate of drug-likeness (QED) is 0.894. The summed E-state index contributed by atoms with van der Waals surface area (Å²) < 4.78 is 13.4. The zero-order chi connectivity index (χ0) is 13.8. The van der Waals surface area contributed by atoms with Gasteiger partial charge in [-0.2, -0.15) is 0 Å². The van der Waals surface area contributed by atoms with Gasteiger partial charge in [0.1, 0.15) is 5.82 Å². The van der Waals surface area contributed by atoms with Crippen LogP contribution >= 0.6 is 24.8 Å². The molecule has 1 aromatic rings. The summed E-state index contributed by atoms with van der Waals surface area (Å²) in [5.74, 6) is 0.539. The molecule has 5 heteroatoms. The van der Waals surface area contributed by atoms with Crippen molar-refractivity contribution >= 4 is 24.8 Å². The Hall–Kier alpha value is -0.350. The second-order valence-electron chi connectivity index (χ2n) is 5.94. The number of rotatable bonds is 4. The zero-order valence-corrected chi connectivity index (χ0v) is 14.7. The Morgan fingerprint density at radius 2 is 1.81 bits per heavy atom. The van der Waals surface area contributed by atoms with E-state index in [2.05, 4.69) is 24.1 Å². The van der Waals surface area contributed by atoms with Crippen molar-refractivity contribution in [3.8, 4) is 0 Å². The molecule has 0 spiro atoms. The van der Waals surface area contributed by atoms with Crippen molar-refractivity contribution in [3.05, 3.63) is 35.1 Å². The Morgan fingerprint density at radius 3 is 2.33 bits per heavy atom. The minimum Gasteiger partial charge on any atom is -0.314 e. The van der Waals surface area contributed by atoms with Crippen molar-refractivity contribution in [1.29, 1.82) is 0 Å². The van der Waals surface area contributed by atoms with E-state index >= 15 is 0 Å². The second-order valence-corrected chi connectivity index (χ2v) is 5.94. The van der Waals surface area contributed by atoms with Crippen LogP contribution in [0.15, 0.2) is 18.2 Å². The van der Waals surface area contributed by atoms with Crippen LogP contribution in [0, 0.1) is 18.7 Å². The zero-order valence-electron chi connectivity index (χ0n) is 13.1. The average Bonchev–Trinajstić information content (AvgIpc) is 2.40. The van der Waals surface area contributed by atoms with Gasteiger partial charge in [0.15, 0.2) is 0 Å². The molecule has 1 fully saturated rings. The fourth-order valence-corrected chi connectivity index (χ4v) is 2.81. The third-order valence-electron chi connectivity index (χ3n) is 3.85. The first-order valence-corrected chi connectivity index (χ1v) is 7.28. The Labute approximate surface area is 140 Å². The van der Waals surface area contributed by atoms with Gasteiger partial charge in [-0.3, -0.25) is 4.90 Å².